The van der Waals surface area contributed by atoms with Crippen LogP contribution in [0.5, 0.6) is 0 Å². The highest BCUT2D eigenvalue weighted by Gasteiger charge is 2.21. The summed E-state index contributed by atoms with van der Waals surface area (Å²) in [4.78, 5) is 10.7. The monoisotopic (exact) mass is 204 g/mol. The van der Waals surface area contributed by atoms with Crippen LogP contribution in [0, 0.1) is 0 Å². The van der Waals surface area contributed by atoms with Gasteiger partial charge in [-0.25, -0.2) is 0 Å². The smallest absolute Gasteiger partial charge is 0.234 e. The van der Waals surface area contributed by atoms with Gasteiger partial charge in [0.05, 0.1) is 11.6 Å². The quantitative estimate of drug-likeness (QED) is 0.509. The van der Waals surface area contributed by atoms with Crippen molar-refractivity contribution in [1.29, 1.82) is 0 Å². The third-order valence-corrected chi connectivity index (χ3v) is 2.06. The van der Waals surface area contributed by atoms with Gasteiger partial charge in [0.1, 0.15) is 0 Å². The van der Waals surface area contributed by atoms with Crippen LogP contribution in [-0.4, -0.2) is 42.9 Å². The van der Waals surface area contributed by atoms with Crippen LogP contribution >= 0.6 is 0 Å². The number of nitrogens with one attached hydrogen (secondary N) is 1. The van der Waals surface area contributed by atoms with Crippen LogP contribution in [0.1, 0.15) is 20.3 Å². The fourth-order valence-electron chi connectivity index (χ4n) is 0.884. The van der Waals surface area contributed by atoms with E-state index in [-0.39, 0.29) is 0 Å². The van der Waals surface area contributed by atoms with Gasteiger partial charge in [-0.05, 0) is 13.8 Å². The number of methoxy groups -OCH3 is 1. The molecular weight excluding hydrogens is 184 g/mol. The van der Waals surface area contributed by atoms with Crippen molar-refractivity contribution in [2.75, 3.05) is 20.3 Å². The average molecular weight is 204 g/mol. The third kappa shape index (κ3) is 5.90. The Hall–Kier alpha value is -0.650. The summed E-state index contributed by atoms with van der Waals surface area (Å²) in [6.07, 6.45) is 0.516. The number of aliphatic hydroxyl groups is 1. The molecule has 0 saturated heterocycles. The molecule has 0 aliphatic rings. The lowest BCUT2D eigenvalue weighted by Gasteiger charge is -2.24. The van der Waals surface area contributed by atoms with Gasteiger partial charge >= 0.3 is 0 Å². The first-order valence-corrected chi connectivity index (χ1v) is 4.63. The molecule has 0 rings (SSSR count). The number of hydrogen-bond donors (Lipinski definition) is 3. The van der Waals surface area contributed by atoms with Crippen molar-refractivity contribution in [1.82, 2.24) is 5.32 Å². The number of amides is 1. The normalized spacial score (nSPS) is 17.4. The van der Waals surface area contributed by atoms with E-state index < -0.39 is 17.6 Å². The Morgan fingerprint density at radius 1 is 1.71 bits per heavy atom. The number of carbonyl (C=O) groups excluding carboxylic acids is 1. The summed E-state index contributed by atoms with van der Waals surface area (Å²) in [6, 6.07) is -0.427. The van der Waals surface area contributed by atoms with Crippen molar-refractivity contribution in [3.05, 3.63) is 0 Å². The van der Waals surface area contributed by atoms with Crippen LogP contribution in [0.25, 0.3) is 0 Å². The highest BCUT2D eigenvalue weighted by Crippen LogP contribution is 2.07. The van der Waals surface area contributed by atoms with Crippen molar-refractivity contribution in [3.8, 4) is 0 Å². The molecule has 0 aliphatic heterocycles. The predicted octanol–water partition coefficient (Wildman–Crippen LogP) is -0.763. The van der Waals surface area contributed by atoms with Crippen molar-refractivity contribution in [3.63, 3.8) is 0 Å². The standard InChI is InChI=1S/C9H20N2O3/c1-7(8(10)12)11-6-9(2,13)4-5-14-3/h7,11,13H,4-6H2,1-3H3,(H2,10,12). The Morgan fingerprint density at radius 3 is 2.71 bits per heavy atom. The van der Waals surface area contributed by atoms with Crippen molar-refractivity contribution in [2.45, 2.75) is 31.9 Å². The van der Waals surface area contributed by atoms with Crippen LogP contribution < -0.4 is 11.1 Å². The molecule has 0 radical (unpaired) electrons. The van der Waals surface area contributed by atoms with Gasteiger partial charge in [0.2, 0.25) is 5.91 Å². The second kappa shape index (κ2) is 5.95. The number of hydrogen-bond acceptors (Lipinski definition) is 4. The molecule has 0 heterocycles. The molecule has 0 bridgehead atoms. The highest BCUT2D eigenvalue weighted by atomic mass is 16.5. The maximum absolute atomic E-state index is 10.7. The van der Waals surface area contributed by atoms with Crippen LogP contribution in [0.2, 0.25) is 0 Å². The molecular formula is C9H20N2O3. The second-order valence-corrected chi connectivity index (χ2v) is 3.74. The lowest BCUT2D eigenvalue weighted by molar-refractivity contribution is -0.119. The van der Waals surface area contributed by atoms with Crippen LogP contribution in [0.3, 0.4) is 0 Å². The zero-order valence-corrected chi connectivity index (χ0v) is 9.04. The van der Waals surface area contributed by atoms with E-state index in [0.29, 0.717) is 19.6 Å². The minimum atomic E-state index is -0.875. The number of nitrogens with two attached hydrogens (primary N) is 1. The molecule has 5 heteroatoms. The van der Waals surface area contributed by atoms with Gasteiger partial charge < -0.3 is 20.9 Å². The lowest BCUT2D eigenvalue weighted by atomic mass is 10.0. The Morgan fingerprint density at radius 2 is 2.29 bits per heavy atom. The van der Waals surface area contributed by atoms with Gasteiger partial charge in [-0.1, -0.05) is 0 Å². The summed E-state index contributed by atoms with van der Waals surface area (Å²) in [5, 5.41) is 12.6. The van der Waals surface area contributed by atoms with Gasteiger partial charge in [0.15, 0.2) is 0 Å². The minimum absolute atomic E-state index is 0.320. The van der Waals surface area contributed by atoms with E-state index in [1.807, 2.05) is 0 Å². The van der Waals surface area contributed by atoms with E-state index in [1.54, 1.807) is 21.0 Å². The summed E-state index contributed by atoms with van der Waals surface area (Å²) in [5.74, 6) is -0.424. The first kappa shape index (κ1) is 13.4. The Kier molecular flexibility index (Phi) is 5.68. The molecule has 2 unspecified atom stereocenters. The summed E-state index contributed by atoms with van der Waals surface area (Å²) in [7, 11) is 1.58. The van der Waals surface area contributed by atoms with Crippen LogP contribution in [0.15, 0.2) is 0 Å². The SMILES string of the molecule is COCCC(C)(O)CNC(C)C(N)=O. The molecule has 0 aromatic rings. The van der Waals surface area contributed by atoms with E-state index in [4.69, 9.17) is 10.5 Å². The predicted molar refractivity (Wildman–Crippen MR) is 53.8 cm³/mol. The highest BCUT2D eigenvalue weighted by molar-refractivity contribution is 5.79. The van der Waals surface area contributed by atoms with Crippen molar-refractivity contribution in [2.24, 2.45) is 5.73 Å². The van der Waals surface area contributed by atoms with E-state index in [0.717, 1.165) is 0 Å². The fraction of sp³-hybridized carbons (Fsp3) is 0.889. The molecule has 0 aromatic heterocycles. The summed E-state index contributed by atoms with van der Waals surface area (Å²) >= 11 is 0. The molecule has 14 heavy (non-hydrogen) atoms. The first-order chi connectivity index (χ1) is 6.39. The largest absolute Gasteiger partial charge is 0.389 e. The molecule has 0 aliphatic carbocycles. The molecule has 1 amide bonds. The van der Waals surface area contributed by atoms with Crippen LogP contribution in [-0.2, 0) is 9.53 Å². The van der Waals surface area contributed by atoms with Crippen molar-refractivity contribution >= 4 is 5.91 Å². The van der Waals surface area contributed by atoms with Gasteiger partial charge in [0.25, 0.3) is 0 Å². The maximum atomic E-state index is 10.7. The molecule has 0 spiro atoms. The Bertz CT molecular complexity index is 183. The molecule has 84 valence electrons. The average Bonchev–Trinajstić information content (AvgIpc) is 2.11. The fourth-order valence-corrected chi connectivity index (χ4v) is 0.884. The second-order valence-electron chi connectivity index (χ2n) is 3.74. The molecule has 2 atom stereocenters. The van der Waals surface area contributed by atoms with Crippen LogP contribution in [0.4, 0.5) is 0 Å². The zero-order chi connectivity index (χ0) is 11.2. The topological polar surface area (TPSA) is 84.6 Å². The third-order valence-electron chi connectivity index (χ3n) is 2.06. The Balaban J connectivity index is 3.80. The van der Waals surface area contributed by atoms with Crippen molar-refractivity contribution < 1.29 is 14.6 Å². The summed E-state index contributed by atoms with van der Waals surface area (Å²) in [6.45, 7) is 4.15. The van der Waals surface area contributed by atoms with Gasteiger partial charge in [-0.3, -0.25) is 4.79 Å². The molecule has 0 aromatic carbocycles. The number of primary amides is 1. The zero-order valence-electron chi connectivity index (χ0n) is 9.04. The van der Waals surface area contributed by atoms with E-state index in [1.165, 1.54) is 0 Å². The molecule has 0 fully saturated rings. The Labute approximate surface area is 84.6 Å². The van der Waals surface area contributed by atoms with Gasteiger partial charge in [-0.15, -0.1) is 0 Å². The minimum Gasteiger partial charge on any atom is -0.389 e. The lowest BCUT2D eigenvalue weighted by Crippen LogP contribution is -2.46. The molecule has 0 saturated carbocycles. The van der Waals surface area contributed by atoms with E-state index >= 15 is 0 Å². The van der Waals surface area contributed by atoms with Gasteiger partial charge in [-0.2, -0.15) is 0 Å². The number of ether oxygens (including phenoxy) is 1. The van der Waals surface area contributed by atoms with E-state index in [2.05, 4.69) is 5.32 Å². The maximum Gasteiger partial charge on any atom is 0.234 e. The van der Waals surface area contributed by atoms with Gasteiger partial charge in [0, 0.05) is 26.7 Å². The summed E-state index contributed by atoms with van der Waals surface area (Å²) < 4.78 is 4.85. The molecule has 4 N–H and O–H groups in total. The number of carbonyl (C=O) groups is 1. The first-order valence-electron chi connectivity index (χ1n) is 4.63. The van der Waals surface area contributed by atoms with E-state index in [9.17, 15) is 9.90 Å². The summed E-state index contributed by atoms with van der Waals surface area (Å²) in [5.41, 5.74) is 4.18. The molecule has 5 nitrogen and oxygen atoms in total. The number of rotatable bonds is 7.